The zero-order valence-corrected chi connectivity index (χ0v) is 12.3. The van der Waals surface area contributed by atoms with Gasteiger partial charge in [-0.15, -0.1) is 5.92 Å². The Morgan fingerprint density at radius 3 is 2.55 bits per heavy atom. The Morgan fingerprint density at radius 2 is 1.95 bits per heavy atom. The van der Waals surface area contributed by atoms with Crippen LogP contribution in [0.2, 0.25) is 0 Å². The van der Waals surface area contributed by atoms with Gasteiger partial charge in [-0.3, -0.25) is 9.69 Å². The van der Waals surface area contributed by atoms with E-state index in [0.29, 0.717) is 6.54 Å². The first-order valence-electron chi connectivity index (χ1n) is 7.11. The smallest absolute Gasteiger partial charge is 0.349 e. The lowest BCUT2D eigenvalue weighted by Gasteiger charge is -2.19. The van der Waals surface area contributed by atoms with Crippen molar-refractivity contribution in [3.8, 4) is 11.8 Å². The van der Waals surface area contributed by atoms with Crippen LogP contribution in [0.15, 0.2) is 0 Å². The molecule has 0 aromatic rings. The lowest BCUT2D eigenvalue weighted by atomic mass is 10.2. The summed E-state index contributed by atoms with van der Waals surface area (Å²) in [5.74, 6) is 0.126. The van der Waals surface area contributed by atoms with Crippen LogP contribution in [0.5, 0.6) is 0 Å². The fraction of sp³-hybridized carbons (Fsp3) is 0.786. The van der Waals surface area contributed by atoms with E-state index < -0.39 is 24.6 Å². The monoisotopic (exact) mass is 326 g/mol. The van der Waals surface area contributed by atoms with Crippen LogP contribution in [0.3, 0.4) is 0 Å². The second-order valence-electron chi connectivity index (χ2n) is 5.20. The number of halogens is 5. The molecule has 0 aliphatic carbocycles. The number of unbranched alkanes of at least 4 members (excludes halogenated alkanes) is 3. The highest BCUT2D eigenvalue weighted by Crippen LogP contribution is 2.34. The largest absolute Gasteiger partial charge is 0.455 e. The topological polar surface area (TPSA) is 32.1 Å². The Kier molecular flexibility index (Phi) is 6.60. The number of nitrogens with one attached hydrogen (secondary N) is 1. The maximum atomic E-state index is 12.6. The molecule has 0 aromatic heterocycles. The standard InChI is InChI=1S/C14H19F5N2O/c1-2-3-4-5-6-7-11-8-21(11)9-12(22)20-10-13(15,16)14(17,18)19/h11H,2-5,8-10H2,1H3,(H,20,22). The number of carbonyl (C=O) groups excluding carboxylic acids is 1. The van der Waals surface area contributed by atoms with Crippen LogP contribution in [0, 0.1) is 11.8 Å². The second-order valence-corrected chi connectivity index (χ2v) is 5.20. The van der Waals surface area contributed by atoms with Crippen molar-refractivity contribution in [1.29, 1.82) is 0 Å². The fourth-order valence-electron chi connectivity index (χ4n) is 1.69. The Balaban J connectivity index is 2.22. The Morgan fingerprint density at radius 1 is 1.27 bits per heavy atom. The molecule has 0 radical (unpaired) electrons. The summed E-state index contributed by atoms with van der Waals surface area (Å²) in [6, 6.07) is -0.101. The molecule has 22 heavy (non-hydrogen) atoms. The van der Waals surface area contributed by atoms with E-state index >= 15 is 0 Å². The van der Waals surface area contributed by atoms with E-state index in [-0.39, 0.29) is 12.6 Å². The van der Waals surface area contributed by atoms with Gasteiger partial charge in [-0.1, -0.05) is 25.7 Å². The van der Waals surface area contributed by atoms with Crippen molar-refractivity contribution in [3.05, 3.63) is 0 Å². The van der Waals surface area contributed by atoms with Gasteiger partial charge in [0, 0.05) is 13.0 Å². The van der Waals surface area contributed by atoms with E-state index in [1.54, 1.807) is 10.2 Å². The summed E-state index contributed by atoms with van der Waals surface area (Å²) in [6.45, 7) is 0.652. The number of carbonyl (C=O) groups is 1. The number of hydrogen-bond donors (Lipinski definition) is 1. The number of alkyl halides is 5. The summed E-state index contributed by atoms with van der Waals surface area (Å²) >= 11 is 0. The lowest BCUT2D eigenvalue weighted by Crippen LogP contribution is -2.47. The molecule has 3 nitrogen and oxygen atoms in total. The first-order chi connectivity index (χ1) is 10.2. The minimum absolute atomic E-state index is 0.101. The van der Waals surface area contributed by atoms with Crippen LogP contribution in [0.1, 0.15) is 32.6 Å². The highest BCUT2D eigenvalue weighted by Gasteiger charge is 2.57. The van der Waals surface area contributed by atoms with E-state index in [4.69, 9.17) is 0 Å². The first-order valence-corrected chi connectivity index (χ1v) is 7.11. The van der Waals surface area contributed by atoms with Crippen molar-refractivity contribution in [2.24, 2.45) is 0 Å². The quantitative estimate of drug-likeness (QED) is 0.337. The molecule has 1 saturated heterocycles. The van der Waals surface area contributed by atoms with Crippen LogP contribution in [-0.2, 0) is 4.79 Å². The molecular weight excluding hydrogens is 307 g/mol. The average molecular weight is 326 g/mol. The van der Waals surface area contributed by atoms with E-state index in [0.717, 1.165) is 25.7 Å². The fourth-order valence-corrected chi connectivity index (χ4v) is 1.69. The van der Waals surface area contributed by atoms with Crippen LogP contribution in [-0.4, -0.2) is 48.6 Å². The lowest BCUT2D eigenvalue weighted by molar-refractivity contribution is -0.278. The summed E-state index contributed by atoms with van der Waals surface area (Å²) < 4.78 is 61.0. The Labute approximate surface area is 126 Å². The molecule has 1 aliphatic heterocycles. The SMILES string of the molecule is CCCCCC#CC1CN1CC(=O)NCC(F)(F)C(F)(F)F. The molecule has 126 valence electrons. The second kappa shape index (κ2) is 7.77. The van der Waals surface area contributed by atoms with Crippen molar-refractivity contribution in [3.63, 3.8) is 0 Å². The molecule has 1 rings (SSSR count). The summed E-state index contributed by atoms with van der Waals surface area (Å²) in [7, 11) is 0. The predicted octanol–water partition coefficient (Wildman–Crippen LogP) is 2.57. The number of hydrogen-bond acceptors (Lipinski definition) is 2. The third kappa shape index (κ3) is 6.18. The molecule has 0 bridgehead atoms. The summed E-state index contributed by atoms with van der Waals surface area (Å²) in [5, 5.41) is 1.61. The molecule has 2 unspecified atom stereocenters. The number of rotatable bonds is 7. The average Bonchev–Trinajstić information content (AvgIpc) is 3.13. The Hall–Kier alpha value is -1.36. The van der Waals surface area contributed by atoms with Gasteiger partial charge in [0.1, 0.15) is 0 Å². The normalized spacial score (nSPS) is 21.0. The van der Waals surface area contributed by atoms with E-state index in [1.807, 2.05) is 0 Å². The molecule has 1 heterocycles. The minimum atomic E-state index is -5.66. The third-order valence-electron chi connectivity index (χ3n) is 3.16. The van der Waals surface area contributed by atoms with Crippen LogP contribution in [0.4, 0.5) is 22.0 Å². The zero-order valence-electron chi connectivity index (χ0n) is 12.3. The van der Waals surface area contributed by atoms with Gasteiger partial charge in [0.25, 0.3) is 0 Å². The van der Waals surface area contributed by atoms with Gasteiger partial charge in [0.2, 0.25) is 5.91 Å². The molecule has 0 saturated carbocycles. The van der Waals surface area contributed by atoms with Gasteiger partial charge in [0.05, 0.1) is 19.1 Å². The van der Waals surface area contributed by atoms with Crippen molar-refractivity contribution in [2.45, 2.75) is 50.7 Å². The third-order valence-corrected chi connectivity index (χ3v) is 3.16. The van der Waals surface area contributed by atoms with Crippen molar-refractivity contribution in [1.82, 2.24) is 10.2 Å². The van der Waals surface area contributed by atoms with Gasteiger partial charge in [-0.25, -0.2) is 0 Å². The van der Waals surface area contributed by atoms with E-state index in [2.05, 4.69) is 18.8 Å². The molecule has 1 N–H and O–H groups in total. The van der Waals surface area contributed by atoms with E-state index in [9.17, 15) is 26.7 Å². The highest BCUT2D eigenvalue weighted by molar-refractivity contribution is 5.78. The van der Waals surface area contributed by atoms with Crippen LogP contribution >= 0.6 is 0 Å². The Bertz CT molecular complexity index is 439. The summed E-state index contributed by atoms with van der Waals surface area (Å²) in [4.78, 5) is 12.9. The van der Waals surface area contributed by atoms with Gasteiger partial charge >= 0.3 is 12.1 Å². The van der Waals surface area contributed by atoms with Crippen LogP contribution in [0.25, 0.3) is 0 Å². The van der Waals surface area contributed by atoms with Crippen molar-refractivity contribution >= 4 is 5.91 Å². The highest BCUT2D eigenvalue weighted by atomic mass is 19.4. The number of nitrogens with zero attached hydrogens (tertiary/aromatic N) is 1. The minimum Gasteiger partial charge on any atom is -0.349 e. The maximum absolute atomic E-state index is 12.6. The first kappa shape index (κ1) is 18.7. The van der Waals surface area contributed by atoms with Gasteiger partial charge in [-0.05, 0) is 6.42 Å². The number of amides is 1. The van der Waals surface area contributed by atoms with Gasteiger partial charge in [0.15, 0.2) is 0 Å². The molecular formula is C14H19F5N2O. The maximum Gasteiger partial charge on any atom is 0.455 e. The summed E-state index contributed by atoms with van der Waals surface area (Å²) in [6.07, 6.45) is -1.70. The molecule has 2 atom stereocenters. The summed E-state index contributed by atoms with van der Waals surface area (Å²) in [5.41, 5.74) is 0. The van der Waals surface area contributed by atoms with Crippen molar-refractivity contribution in [2.75, 3.05) is 19.6 Å². The zero-order chi connectivity index (χ0) is 16.8. The van der Waals surface area contributed by atoms with E-state index in [1.165, 1.54) is 0 Å². The molecule has 0 aromatic carbocycles. The molecule has 1 aliphatic rings. The molecule has 0 spiro atoms. The predicted molar refractivity (Wildman–Crippen MR) is 71.3 cm³/mol. The van der Waals surface area contributed by atoms with Crippen molar-refractivity contribution < 1.29 is 26.7 Å². The molecule has 1 fully saturated rings. The molecule has 1 amide bonds. The molecule has 8 heteroatoms. The van der Waals surface area contributed by atoms with Gasteiger partial charge in [-0.2, -0.15) is 22.0 Å². The van der Waals surface area contributed by atoms with Crippen LogP contribution < -0.4 is 5.32 Å². The van der Waals surface area contributed by atoms with Gasteiger partial charge < -0.3 is 5.32 Å².